The Kier molecular flexibility index (Phi) is 5.92. The minimum Gasteiger partial charge on any atom is -0.376 e. The normalized spacial score (nSPS) is 21.3. The van der Waals surface area contributed by atoms with Crippen LogP contribution in [0.3, 0.4) is 0 Å². The van der Waals surface area contributed by atoms with Crippen LogP contribution in [0, 0.1) is 11.8 Å². The van der Waals surface area contributed by atoms with E-state index in [4.69, 9.17) is 0 Å². The Morgan fingerprint density at radius 2 is 1.54 bits per heavy atom. The molecule has 1 saturated heterocycles. The summed E-state index contributed by atoms with van der Waals surface area (Å²) in [5, 5.41) is 6.31. The van der Waals surface area contributed by atoms with E-state index in [0.29, 0.717) is 35.9 Å². The third-order valence-corrected chi connectivity index (χ3v) is 8.01. The van der Waals surface area contributed by atoms with Gasteiger partial charge in [0.05, 0.1) is 11.4 Å². The smallest absolute Gasteiger partial charge is 0.243 e. The summed E-state index contributed by atoms with van der Waals surface area (Å²) in [5.74, 6) is 1.38. The van der Waals surface area contributed by atoms with Gasteiger partial charge in [-0.3, -0.25) is 4.79 Å². The maximum absolute atomic E-state index is 12.8. The number of nitrogens with one attached hydrogen (secondary N) is 2. The van der Waals surface area contributed by atoms with Crippen LogP contribution in [0.1, 0.15) is 51.4 Å². The van der Waals surface area contributed by atoms with Crippen LogP contribution in [0.5, 0.6) is 0 Å². The fourth-order valence-corrected chi connectivity index (χ4v) is 5.64. The van der Waals surface area contributed by atoms with Crippen LogP contribution in [0.2, 0.25) is 0 Å². The van der Waals surface area contributed by atoms with E-state index in [2.05, 4.69) is 10.6 Å². The van der Waals surface area contributed by atoms with Crippen molar-refractivity contribution in [1.82, 2.24) is 9.62 Å². The summed E-state index contributed by atoms with van der Waals surface area (Å²) in [6.07, 6.45) is 9.00. The number of benzene rings is 1. The van der Waals surface area contributed by atoms with Gasteiger partial charge in [0.2, 0.25) is 15.9 Å². The standard InChI is InChI=1S/C21H31N3O3S/c25-20(23-21(16-5-6-16)17-7-8-17)15-22-18-9-11-19(12-10-18)28(26,27)24-13-3-1-2-4-14-24/h9-12,16-17,21-22H,1-8,13-15H2,(H,23,25). The van der Waals surface area contributed by atoms with Crippen LogP contribution in [0.4, 0.5) is 5.69 Å². The van der Waals surface area contributed by atoms with Crippen molar-refractivity contribution >= 4 is 21.6 Å². The molecule has 1 aromatic carbocycles. The fraction of sp³-hybridized carbons (Fsp3) is 0.667. The highest BCUT2D eigenvalue weighted by Gasteiger charge is 2.42. The van der Waals surface area contributed by atoms with Gasteiger partial charge in [0.25, 0.3) is 0 Å². The van der Waals surface area contributed by atoms with Crippen molar-refractivity contribution in [2.75, 3.05) is 25.0 Å². The lowest BCUT2D eigenvalue weighted by molar-refractivity contribution is -0.120. The molecule has 4 rings (SSSR count). The molecule has 0 radical (unpaired) electrons. The second-order valence-corrected chi connectivity index (χ2v) is 10.4. The number of sulfonamides is 1. The summed E-state index contributed by atoms with van der Waals surface area (Å²) < 4.78 is 27.2. The highest BCUT2D eigenvalue weighted by Crippen LogP contribution is 2.44. The zero-order chi connectivity index (χ0) is 19.6. The van der Waals surface area contributed by atoms with Crippen LogP contribution < -0.4 is 10.6 Å². The molecule has 1 amide bonds. The van der Waals surface area contributed by atoms with Gasteiger partial charge >= 0.3 is 0 Å². The van der Waals surface area contributed by atoms with Crippen molar-refractivity contribution in [2.24, 2.45) is 11.8 Å². The Morgan fingerprint density at radius 3 is 2.07 bits per heavy atom. The Labute approximate surface area is 168 Å². The Bertz CT molecular complexity index is 766. The Morgan fingerprint density at radius 1 is 0.964 bits per heavy atom. The zero-order valence-electron chi connectivity index (χ0n) is 16.4. The highest BCUT2D eigenvalue weighted by molar-refractivity contribution is 7.89. The number of amides is 1. The molecule has 0 atom stereocenters. The molecule has 0 aromatic heterocycles. The largest absolute Gasteiger partial charge is 0.376 e. The van der Waals surface area contributed by atoms with E-state index in [1.165, 1.54) is 25.7 Å². The molecule has 6 nitrogen and oxygen atoms in total. The molecule has 1 aliphatic heterocycles. The van der Waals surface area contributed by atoms with Gasteiger partial charge in [-0.15, -0.1) is 0 Å². The quantitative estimate of drug-likeness (QED) is 0.697. The molecule has 1 heterocycles. The van der Waals surface area contributed by atoms with E-state index >= 15 is 0 Å². The van der Waals surface area contributed by atoms with Crippen molar-refractivity contribution in [2.45, 2.75) is 62.3 Å². The zero-order valence-corrected chi connectivity index (χ0v) is 17.2. The summed E-state index contributed by atoms with van der Waals surface area (Å²) in [5.41, 5.74) is 0.763. The summed E-state index contributed by atoms with van der Waals surface area (Å²) in [7, 11) is -3.43. The van der Waals surface area contributed by atoms with Gasteiger partial charge in [0.15, 0.2) is 0 Å². The van der Waals surface area contributed by atoms with Crippen molar-refractivity contribution in [1.29, 1.82) is 0 Å². The molecule has 2 N–H and O–H groups in total. The maximum atomic E-state index is 12.8. The van der Waals surface area contributed by atoms with Gasteiger partial charge in [0, 0.05) is 24.8 Å². The number of carbonyl (C=O) groups excluding carboxylic acids is 1. The average molecular weight is 406 g/mol. The summed E-state index contributed by atoms with van der Waals surface area (Å²) in [4.78, 5) is 12.6. The third-order valence-electron chi connectivity index (χ3n) is 6.10. The van der Waals surface area contributed by atoms with E-state index in [9.17, 15) is 13.2 Å². The maximum Gasteiger partial charge on any atom is 0.243 e. The second kappa shape index (κ2) is 8.41. The second-order valence-electron chi connectivity index (χ2n) is 8.46. The first kappa shape index (κ1) is 19.7. The topological polar surface area (TPSA) is 78.5 Å². The monoisotopic (exact) mass is 405 g/mol. The lowest BCUT2D eigenvalue weighted by Crippen LogP contribution is -2.41. The summed E-state index contributed by atoms with van der Waals surface area (Å²) >= 11 is 0. The van der Waals surface area contributed by atoms with Crippen LogP contribution in [0.25, 0.3) is 0 Å². The highest BCUT2D eigenvalue weighted by atomic mass is 32.2. The van der Waals surface area contributed by atoms with Crippen LogP contribution in [0.15, 0.2) is 29.2 Å². The van der Waals surface area contributed by atoms with E-state index < -0.39 is 10.0 Å². The van der Waals surface area contributed by atoms with Crippen LogP contribution >= 0.6 is 0 Å². The molecular formula is C21H31N3O3S. The van der Waals surface area contributed by atoms with Gasteiger partial charge in [-0.2, -0.15) is 4.31 Å². The van der Waals surface area contributed by atoms with E-state index in [0.717, 1.165) is 31.4 Å². The molecule has 2 aliphatic carbocycles. The van der Waals surface area contributed by atoms with Gasteiger partial charge in [-0.05, 0) is 74.6 Å². The van der Waals surface area contributed by atoms with Gasteiger partial charge in [-0.25, -0.2) is 8.42 Å². The number of rotatable bonds is 8. The van der Waals surface area contributed by atoms with Crippen molar-refractivity contribution in [3.05, 3.63) is 24.3 Å². The van der Waals surface area contributed by atoms with Crippen LogP contribution in [-0.2, 0) is 14.8 Å². The third kappa shape index (κ3) is 4.87. The molecule has 3 fully saturated rings. The SMILES string of the molecule is O=C(CNc1ccc(S(=O)(=O)N2CCCCCC2)cc1)NC(C1CC1)C1CC1. The van der Waals surface area contributed by atoms with Crippen molar-refractivity contribution in [3.63, 3.8) is 0 Å². The minimum atomic E-state index is -3.43. The lowest BCUT2D eigenvalue weighted by Gasteiger charge is -2.20. The Hall–Kier alpha value is -1.60. The van der Waals surface area contributed by atoms with Gasteiger partial charge < -0.3 is 10.6 Å². The molecule has 0 bridgehead atoms. The van der Waals surface area contributed by atoms with Crippen molar-refractivity contribution < 1.29 is 13.2 Å². The first-order valence-electron chi connectivity index (χ1n) is 10.7. The molecular weight excluding hydrogens is 374 g/mol. The molecule has 7 heteroatoms. The predicted molar refractivity (Wildman–Crippen MR) is 110 cm³/mol. The molecule has 2 saturated carbocycles. The number of hydrogen-bond acceptors (Lipinski definition) is 4. The molecule has 0 unspecified atom stereocenters. The minimum absolute atomic E-state index is 0.0186. The van der Waals surface area contributed by atoms with E-state index in [1.807, 2.05) is 0 Å². The fourth-order valence-electron chi connectivity index (χ4n) is 4.13. The molecule has 0 spiro atoms. The number of hydrogen-bond donors (Lipinski definition) is 2. The van der Waals surface area contributed by atoms with E-state index in [-0.39, 0.29) is 12.5 Å². The number of anilines is 1. The molecule has 154 valence electrons. The van der Waals surface area contributed by atoms with Crippen LogP contribution in [-0.4, -0.2) is 44.3 Å². The Balaban J connectivity index is 1.30. The van der Waals surface area contributed by atoms with Gasteiger partial charge in [-0.1, -0.05) is 12.8 Å². The van der Waals surface area contributed by atoms with Crippen molar-refractivity contribution in [3.8, 4) is 0 Å². The predicted octanol–water partition coefficient (Wildman–Crippen LogP) is 2.97. The molecule has 3 aliphatic rings. The number of nitrogens with zero attached hydrogens (tertiary/aromatic N) is 1. The van der Waals surface area contributed by atoms with Gasteiger partial charge in [0.1, 0.15) is 0 Å². The summed E-state index contributed by atoms with van der Waals surface area (Å²) in [6, 6.07) is 7.12. The molecule has 1 aromatic rings. The lowest BCUT2D eigenvalue weighted by atomic mass is 10.1. The first-order chi connectivity index (χ1) is 13.5. The average Bonchev–Trinajstić information content (AvgIpc) is 3.59. The van der Waals surface area contributed by atoms with E-state index in [1.54, 1.807) is 28.6 Å². The number of carbonyl (C=O) groups is 1. The molecule has 28 heavy (non-hydrogen) atoms. The first-order valence-corrected chi connectivity index (χ1v) is 12.1. The summed E-state index contributed by atoms with van der Waals surface area (Å²) in [6.45, 7) is 1.42.